The van der Waals surface area contributed by atoms with Gasteiger partial charge in [0, 0.05) is 10.9 Å². The lowest BCUT2D eigenvalue weighted by Gasteiger charge is -2.23. The van der Waals surface area contributed by atoms with E-state index in [-0.39, 0.29) is 24.2 Å². The predicted octanol–water partition coefficient (Wildman–Crippen LogP) is 5.36. The highest BCUT2D eigenvalue weighted by Gasteiger charge is 2.32. The van der Waals surface area contributed by atoms with Gasteiger partial charge in [0.1, 0.15) is 22.4 Å². The molecule has 0 unspecified atom stereocenters. The second kappa shape index (κ2) is 7.48. The topological polar surface area (TPSA) is 69.4 Å². The molecule has 4 rings (SSSR count). The van der Waals surface area contributed by atoms with Crippen LogP contribution in [0, 0.1) is 5.41 Å². The number of benzene rings is 2. The molecule has 5 nitrogen and oxygen atoms in total. The molecule has 2 heterocycles. The third-order valence-electron chi connectivity index (χ3n) is 4.41. The molecule has 0 fully saturated rings. The van der Waals surface area contributed by atoms with Crippen molar-refractivity contribution in [2.75, 3.05) is 11.4 Å². The molecule has 1 aliphatic rings. The first-order chi connectivity index (χ1) is 13.5. The number of hydrogen-bond acceptors (Lipinski definition) is 5. The third-order valence-corrected chi connectivity index (χ3v) is 5.27. The molecule has 0 atom stereocenters. The normalized spacial score (nSPS) is 14.2. The Morgan fingerprint density at radius 1 is 1.11 bits per heavy atom. The summed E-state index contributed by atoms with van der Waals surface area (Å²) in [4.78, 5) is 6.42. The number of nitrogens with zero attached hydrogens (tertiary/aromatic N) is 2. The van der Waals surface area contributed by atoms with E-state index in [1.54, 1.807) is 4.90 Å². The summed E-state index contributed by atoms with van der Waals surface area (Å²) in [6.07, 6.45) is 0.0198. The minimum absolute atomic E-state index is 0.0198. The number of aromatic nitrogens is 1. The molecule has 0 amide bonds. The summed E-state index contributed by atoms with van der Waals surface area (Å²) < 4.78 is 5.89. The zero-order valence-corrected chi connectivity index (χ0v) is 16.5. The van der Waals surface area contributed by atoms with Gasteiger partial charge in [-0.15, -0.1) is 11.3 Å². The van der Waals surface area contributed by atoms with Gasteiger partial charge in [-0.05, 0) is 26.0 Å². The zero-order valence-electron chi connectivity index (χ0n) is 15.7. The molecule has 0 spiro atoms. The maximum Gasteiger partial charge on any atom is 0.143 e. The predicted molar refractivity (Wildman–Crippen MR) is 114 cm³/mol. The van der Waals surface area contributed by atoms with Crippen LogP contribution in [-0.2, 0) is 0 Å². The van der Waals surface area contributed by atoms with E-state index in [9.17, 15) is 5.11 Å². The summed E-state index contributed by atoms with van der Waals surface area (Å²) in [6.45, 7) is 4.16. The number of amidine groups is 1. The van der Waals surface area contributed by atoms with Crippen LogP contribution in [0.15, 0.2) is 65.7 Å². The number of anilines is 1. The molecule has 2 aromatic carbocycles. The van der Waals surface area contributed by atoms with E-state index in [2.05, 4.69) is 4.98 Å². The number of nitrogens with one attached hydrogen (secondary N) is 1. The third kappa shape index (κ3) is 3.39. The van der Waals surface area contributed by atoms with Gasteiger partial charge in [0.15, 0.2) is 0 Å². The summed E-state index contributed by atoms with van der Waals surface area (Å²) in [6, 6.07) is 17.5. The summed E-state index contributed by atoms with van der Waals surface area (Å²) >= 11 is 1.43. The Bertz CT molecular complexity index is 1040. The Balaban J connectivity index is 1.65. The zero-order chi connectivity index (χ0) is 19.7. The van der Waals surface area contributed by atoms with Crippen LogP contribution in [0.5, 0.6) is 5.75 Å². The Kier molecular flexibility index (Phi) is 4.88. The van der Waals surface area contributed by atoms with Crippen LogP contribution in [-0.4, -0.2) is 28.6 Å². The van der Waals surface area contributed by atoms with Crippen LogP contribution >= 0.6 is 11.3 Å². The van der Waals surface area contributed by atoms with E-state index >= 15 is 0 Å². The maximum atomic E-state index is 10.6. The number of aliphatic hydroxyl groups is 1. The van der Waals surface area contributed by atoms with Gasteiger partial charge < -0.3 is 14.7 Å². The molecular formula is C22H21N3O2S. The summed E-state index contributed by atoms with van der Waals surface area (Å²) in [5, 5.41) is 21.9. The van der Waals surface area contributed by atoms with Gasteiger partial charge in [-0.25, -0.2) is 4.98 Å². The Morgan fingerprint density at radius 3 is 2.57 bits per heavy atom. The molecule has 1 aliphatic heterocycles. The highest BCUT2D eigenvalue weighted by Crippen LogP contribution is 2.38. The van der Waals surface area contributed by atoms with Crippen molar-refractivity contribution in [2.24, 2.45) is 0 Å². The van der Waals surface area contributed by atoms with Crippen LogP contribution < -0.4 is 9.64 Å². The van der Waals surface area contributed by atoms with E-state index < -0.39 is 0 Å². The van der Waals surface area contributed by atoms with Gasteiger partial charge in [-0.1, -0.05) is 42.5 Å². The average Bonchev–Trinajstić information content (AvgIpc) is 3.27. The highest BCUT2D eigenvalue weighted by atomic mass is 32.1. The molecule has 1 aromatic heterocycles. The van der Waals surface area contributed by atoms with Crippen molar-refractivity contribution in [3.05, 3.63) is 70.7 Å². The van der Waals surface area contributed by atoms with Crippen molar-refractivity contribution in [1.82, 2.24) is 4.98 Å². The minimum atomic E-state index is 0.0198. The number of rotatable bonds is 5. The average molecular weight is 391 g/mol. The lowest BCUT2D eigenvalue weighted by Crippen LogP contribution is -2.27. The monoisotopic (exact) mass is 391 g/mol. The van der Waals surface area contributed by atoms with E-state index in [1.807, 2.05) is 73.8 Å². The molecule has 0 saturated carbocycles. The number of thiazole rings is 1. The fraction of sp³-hybridized carbons (Fsp3) is 0.182. The molecule has 0 saturated heterocycles. The van der Waals surface area contributed by atoms with Crippen molar-refractivity contribution in [3.8, 4) is 17.0 Å². The van der Waals surface area contributed by atoms with Gasteiger partial charge in [0.2, 0.25) is 0 Å². The van der Waals surface area contributed by atoms with E-state index in [0.717, 1.165) is 16.9 Å². The number of para-hydroxylation sites is 2. The molecule has 0 aliphatic carbocycles. The number of hydrogen-bond donors (Lipinski definition) is 2. The SMILES string of the molecule is CC(C)Oc1ccccc1N1CC(O)=C(c2nc(-c3ccccc3)cs2)C1=N. The summed E-state index contributed by atoms with van der Waals surface area (Å²) in [5.74, 6) is 1.07. The maximum absolute atomic E-state index is 10.6. The first-order valence-corrected chi connectivity index (χ1v) is 9.98. The largest absolute Gasteiger partial charge is 0.510 e. The summed E-state index contributed by atoms with van der Waals surface area (Å²) in [5.41, 5.74) is 3.10. The Morgan fingerprint density at radius 2 is 1.82 bits per heavy atom. The number of ether oxygens (including phenoxy) is 1. The van der Waals surface area contributed by atoms with Gasteiger partial charge >= 0.3 is 0 Å². The standard InChI is InChI=1S/C22H21N3O2S/c1-14(2)27-19-11-7-6-10-17(19)25-12-18(26)20(21(25)23)22-24-16(13-28-22)15-8-4-3-5-9-15/h3-11,13-14,23,26H,12H2,1-2H3. The van der Waals surface area contributed by atoms with Crippen molar-refractivity contribution in [2.45, 2.75) is 20.0 Å². The minimum Gasteiger partial charge on any atom is -0.510 e. The molecule has 2 N–H and O–H groups in total. The molecule has 28 heavy (non-hydrogen) atoms. The Hall–Kier alpha value is -3.12. The van der Waals surface area contributed by atoms with E-state index in [0.29, 0.717) is 16.3 Å². The number of aliphatic hydroxyl groups excluding tert-OH is 1. The van der Waals surface area contributed by atoms with Crippen LogP contribution in [0.1, 0.15) is 18.9 Å². The molecule has 142 valence electrons. The Labute approximate surface area is 168 Å². The smallest absolute Gasteiger partial charge is 0.143 e. The molecule has 0 bridgehead atoms. The van der Waals surface area contributed by atoms with Crippen molar-refractivity contribution in [1.29, 1.82) is 5.41 Å². The molecular weight excluding hydrogens is 370 g/mol. The van der Waals surface area contributed by atoms with Gasteiger partial charge in [-0.3, -0.25) is 5.41 Å². The van der Waals surface area contributed by atoms with Gasteiger partial charge in [0.25, 0.3) is 0 Å². The second-order valence-electron chi connectivity index (χ2n) is 6.79. The quantitative estimate of drug-likeness (QED) is 0.614. The molecule has 3 aromatic rings. The first kappa shape index (κ1) is 18.3. The van der Waals surface area contributed by atoms with Crippen LogP contribution in [0.25, 0.3) is 16.8 Å². The fourth-order valence-electron chi connectivity index (χ4n) is 3.17. The lowest BCUT2D eigenvalue weighted by molar-refractivity contribution is 0.243. The van der Waals surface area contributed by atoms with Crippen molar-refractivity contribution in [3.63, 3.8) is 0 Å². The van der Waals surface area contributed by atoms with Crippen LogP contribution in [0.4, 0.5) is 5.69 Å². The van der Waals surface area contributed by atoms with Gasteiger partial charge in [0.05, 0.1) is 29.6 Å². The van der Waals surface area contributed by atoms with E-state index in [4.69, 9.17) is 10.1 Å². The van der Waals surface area contributed by atoms with Crippen molar-refractivity contribution < 1.29 is 9.84 Å². The van der Waals surface area contributed by atoms with Crippen LogP contribution in [0.3, 0.4) is 0 Å². The van der Waals surface area contributed by atoms with E-state index in [1.165, 1.54) is 11.3 Å². The van der Waals surface area contributed by atoms with Crippen LogP contribution in [0.2, 0.25) is 0 Å². The van der Waals surface area contributed by atoms with Crippen molar-refractivity contribution >= 4 is 28.4 Å². The summed E-state index contributed by atoms with van der Waals surface area (Å²) in [7, 11) is 0. The molecule has 6 heteroatoms. The van der Waals surface area contributed by atoms with Gasteiger partial charge in [-0.2, -0.15) is 0 Å². The first-order valence-electron chi connectivity index (χ1n) is 9.10. The second-order valence-corrected chi connectivity index (χ2v) is 7.65. The molecule has 0 radical (unpaired) electrons. The highest BCUT2D eigenvalue weighted by molar-refractivity contribution is 7.11. The lowest BCUT2D eigenvalue weighted by atomic mass is 10.2. The fourth-order valence-corrected chi connectivity index (χ4v) is 4.07.